The standard InChI is InChI=1S/C27H23BrN2O4/c1-16-10-17(2)12-20(11-16)15-34-22-7-4-19(5-8-22)14-23-25(31)29-27(33)30(26(23)32)24-9-6-21(28)13-18(24)3/h4-14H,15H2,1-3H3,(H,29,31,33)/b23-14-. The fourth-order valence-corrected chi connectivity index (χ4v) is 4.37. The number of rotatable bonds is 5. The fraction of sp³-hybridized carbons (Fsp3) is 0.148. The number of aryl methyl sites for hydroxylation is 3. The van der Waals surface area contributed by atoms with Crippen LogP contribution in [0.2, 0.25) is 0 Å². The number of amides is 4. The van der Waals surface area contributed by atoms with Crippen molar-refractivity contribution in [3.63, 3.8) is 0 Å². The van der Waals surface area contributed by atoms with E-state index < -0.39 is 17.8 Å². The van der Waals surface area contributed by atoms with Crippen molar-refractivity contribution in [3.05, 3.63) is 98.5 Å². The molecule has 1 fully saturated rings. The van der Waals surface area contributed by atoms with Gasteiger partial charge in [0.25, 0.3) is 11.8 Å². The molecule has 3 aromatic carbocycles. The number of carbonyl (C=O) groups is 3. The SMILES string of the molecule is Cc1cc(C)cc(COc2ccc(/C=C3/C(=O)NC(=O)N(c4ccc(Br)cc4C)C3=O)cc2)c1. The predicted octanol–water partition coefficient (Wildman–Crippen LogP) is 5.62. The third kappa shape index (κ3) is 5.10. The lowest BCUT2D eigenvalue weighted by molar-refractivity contribution is -0.122. The first-order valence-electron chi connectivity index (χ1n) is 10.7. The van der Waals surface area contributed by atoms with E-state index in [1.54, 1.807) is 49.4 Å². The van der Waals surface area contributed by atoms with E-state index in [9.17, 15) is 14.4 Å². The van der Waals surface area contributed by atoms with E-state index in [1.165, 1.54) is 17.2 Å². The van der Waals surface area contributed by atoms with Gasteiger partial charge < -0.3 is 4.74 Å². The number of urea groups is 1. The highest BCUT2D eigenvalue weighted by molar-refractivity contribution is 9.10. The molecule has 4 rings (SSSR count). The summed E-state index contributed by atoms with van der Waals surface area (Å²) in [5.74, 6) is -0.728. The van der Waals surface area contributed by atoms with E-state index in [0.29, 0.717) is 23.6 Å². The van der Waals surface area contributed by atoms with E-state index in [1.807, 2.05) is 13.8 Å². The summed E-state index contributed by atoms with van der Waals surface area (Å²) >= 11 is 3.37. The molecule has 172 valence electrons. The van der Waals surface area contributed by atoms with Crippen molar-refractivity contribution in [2.45, 2.75) is 27.4 Å². The third-order valence-corrected chi connectivity index (χ3v) is 5.87. The summed E-state index contributed by atoms with van der Waals surface area (Å²) in [5.41, 5.74) is 5.10. The molecule has 4 amide bonds. The monoisotopic (exact) mass is 518 g/mol. The summed E-state index contributed by atoms with van der Waals surface area (Å²) in [6, 6.07) is 17.8. The Kier molecular flexibility index (Phi) is 6.65. The van der Waals surface area contributed by atoms with Crippen LogP contribution in [-0.4, -0.2) is 17.8 Å². The topological polar surface area (TPSA) is 75.7 Å². The number of carbonyl (C=O) groups excluding carboxylic acids is 3. The lowest BCUT2D eigenvalue weighted by Crippen LogP contribution is -2.54. The lowest BCUT2D eigenvalue weighted by atomic mass is 10.1. The van der Waals surface area contributed by atoms with Crippen LogP contribution in [0, 0.1) is 20.8 Å². The maximum absolute atomic E-state index is 13.1. The number of halogens is 1. The van der Waals surface area contributed by atoms with Crippen LogP contribution in [0.15, 0.2) is 70.7 Å². The molecule has 0 atom stereocenters. The summed E-state index contributed by atoms with van der Waals surface area (Å²) in [7, 11) is 0. The van der Waals surface area contributed by atoms with Crippen LogP contribution < -0.4 is 15.0 Å². The molecular formula is C27H23BrN2O4. The molecule has 1 aliphatic rings. The van der Waals surface area contributed by atoms with Crippen molar-refractivity contribution in [2.24, 2.45) is 0 Å². The molecule has 0 bridgehead atoms. The molecule has 0 spiro atoms. The Morgan fingerprint density at radius 1 is 0.912 bits per heavy atom. The number of barbiturate groups is 1. The summed E-state index contributed by atoms with van der Waals surface area (Å²) in [6.45, 7) is 6.33. The fourth-order valence-electron chi connectivity index (χ4n) is 3.89. The van der Waals surface area contributed by atoms with Gasteiger partial charge in [-0.2, -0.15) is 0 Å². The molecule has 0 aromatic heterocycles. The summed E-state index contributed by atoms with van der Waals surface area (Å²) < 4.78 is 6.70. The van der Waals surface area contributed by atoms with E-state index in [4.69, 9.17) is 4.74 Å². The van der Waals surface area contributed by atoms with Gasteiger partial charge in [-0.25, -0.2) is 9.69 Å². The van der Waals surface area contributed by atoms with Crippen LogP contribution in [0.1, 0.15) is 27.8 Å². The second-order valence-electron chi connectivity index (χ2n) is 8.24. The van der Waals surface area contributed by atoms with E-state index in [2.05, 4.69) is 39.4 Å². The van der Waals surface area contributed by atoms with Gasteiger partial charge in [-0.1, -0.05) is 57.4 Å². The molecule has 0 saturated carbocycles. The average Bonchev–Trinajstić information content (AvgIpc) is 2.77. The van der Waals surface area contributed by atoms with Crippen molar-refractivity contribution in [2.75, 3.05) is 4.90 Å². The highest BCUT2D eigenvalue weighted by atomic mass is 79.9. The Labute approximate surface area is 206 Å². The zero-order chi connectivity index (χ0) is 24.4. The molecule has 1 N–H and O–H groups in total. The lowest BCUT2D eigenvalue weighted by Gasteiger charge is -2.27. The van der Waals surface area contributed by atoms with E-state index in [0.717, 1.165) is 20.5 Å². The Balaban J connectivity index is 1.53. The Morgan fingerprint density at radius 3 is 2.24 bits per heavy atom. The zero-order valence-electron chi connectivity index (χ0n) is 19.0. The van der Waals surface area contributed by atoms with Gasteiger partial charge in [0.05, 0.1) is 5.69 Å². The molecule has 1 saturated heterocycles. The van der Waals surface area contributed by atoms with Crippen LogP contribution >= 0.6 is 15.9 Å². The molecule has 34 heavy (non-hydrogen) atoms. The van der Waals surface area contributed by atoms with Crippen molar-refractivity contribution in [1.82, 2.24) is 5.32 Å². The predicted molar refractivity (Wildman–Crippen MR) is 135 cm³/mol. The molecule has 6 nitrogen and oxygen atoms in total. The summed E-state index contributed by atoms with van der Waals surface area (Å²) in [4.78, 5) is 39.0. The Morgan fingerprint density at radius 2 is 1.59 bits per heavy atom. The molecule has 7 heteroatoms. The number of hydrogen-bond acceptors (Lipinski definition) is 4. The number of anilines is 1. The van der Waals surface area contributed by atoms with Gasteiger partial charge in [0, 0.05) is 4.47 Å². The zero-order valence-corrected chi connectivity index (χ0v) is 20.6. The number of imide groups is 2. The second kappa shape index (κ2) is 9.65. The summed E-state index contributed by atoms with van der Waals surface area (Å²) in [5, 5.41) is 2.25. The number of nitrogens with zero attached hydrogens (tertiary/aromatic N) is 1. The number of ether oxygens (including phenoxy) is 1. The largest absolute Gasteiger partial charge is 0.489 e. The van der Waals surface area contributed by atoms with Crippen LogP contribution in [0.5, 0.6) is 5.75 Å². The number of nitrogens with one attached hydrogen (secondary N) is 1. The molecule has 1 aliphatic heterocycles. The highest BCUT2D eigenvalue weighted by Crippen LogP contribution is 2.28. The van der Waals surface area contributed by atoms with Gasteiger partial charge >= 0.3 is 6.03 Å². The molecule has 1 heterocycles. The second-order valence-corrected chi connectivity index (χ2v) is 9.16. The van der Waals surface area contributed by atoms with Crippen LogP contribution in [-0.2, 0) is 16.2 Å². The van der Waals surface area contributed by atoms with Crippen molar-refractivity contribution in [3.8, 4) is 5.75 Å². The Hall–Kier alpha value is -3.71. The van der Waals surface area contributed by atoms with Crippen LogP contribution in [0.4, 0.5) is 10.5 Å². The third-order valence-electron chi connectivity index (χ3n) is 5.38. The van der Waals surface area contributed by atoms with Gasteiger partial charge in [0.2, 0.25) is 0 Å². The van der Waals surface area contributed by atoms with Gasteiger partial charge in [-0.05, 0) is 73.9 Å². The quantitative estimate of drug-likeness (QED) is 0.351. The van der Waals surface area contributed by atoms with Gasteiger partial charge in [-0.3, -0.25) is 14.9 Å². The normalized spacial score (nSPS) is 15.0. The number of hydrogen-bond donors (Lipinski definition) is 1. The Bertz CT molecular complexity index is 1310. The van der Waals surface area contributed by atoms with Crippen LogP contribution in [0.3, 0.4) is 0 Å². The van der Waals surface area contributed by atoms with E-state index >= 15 is 0 Å². The van der Waals surface area contributed by atoms with Gasteiger partial charge in [-0.15, -0.1) is 0 Å². The molecule has 0 unspecified atom stereocenters. The first-order chi connectivity index (χ1) is 16.2. The molecule has 0 aliphatic carbocycles. The smallest absolute Gasteiger partial charge is 0.335 e. The van der Waals surface area contributed by atoms with Crippen molar-refractivity contribution < 1.29 is 19.1 Å². The van der Waals surface area contributed by atoms with Crippen molar-refractivity contribution >= 4 is 45.5 Å². The first-order valence-corrected chi connectivity index (χ1v) is 11.5. The molecule has 3 aromatic rings. The van der Waals surface area contributed by atoms with Crippen molar-refractivity contribution in [1.29, 1.82) is 0 Å². The highest BCUT2D eigenvalue weighted by Gasteiger charge is 2.37. The summed E-state index contributed by atoms with van der Waals surface area (Å²) in [6.07, 6.45) is 1.47. The maximum atomic E-state index is 13.1. The van der Waals surface area contributed by atoms with Gasteiger partial charge in [0.15, 0.2) is 0 Å². The van der Waals surface area contributed by atoms with Gasteiger partial charge in [0.1, 0.15) is 17.9 Å². The first kappa shape index (κ1) is 23.4. The van der Waals surface area contributed by atoms with E-state index in [-0.39, 0.29) is 5.57 Å². The molecular weight excluding hydrogens is 496 g/mol. The average molecular weight is 519 g/mol. The van der Waals surface area contributed by atoms with Crippen LogP contribution in [0.25, 0.3) is 6.08 Å². The minimum atomic E-state index is -0.771. The minimum Gasteiger partial charge on any atom is -0.489 e. The minimum absolute atomic E-state index is 0.120. The maximum Gasteiger partial charge on any atom is 0.335 e. The molecule has 0 radical (unpaired) electrons. The number of benzene rings is 3.